The second-order valence-electron chi connectivity index (χ2n) is 7.47. The molecule has 3 aromatic rings. The highest BCUT2D eigenvalue weighted by Gasteiger charge is 2.19. The monoisotopic (exact) mass is 467 g/mol. The lowest BCUT2D eigenvalue weighted by Gasteiger charge is -2.14. The number of hydrogen-bond donors (Lipinski definition) is 2. The number of amides is 1. The first-order valence-electron chi connectivity index (χ1n) is 9.89. The molecule has 32 heavy (non-hydrogen) atoms. The van der Waals surface area contributed by atoms with Crippen LogP contribution in [0, 0.1) is 11.3 Å². The van der Waals surface area contributed by atoms with Crippen LogP contribution in [-0.4, -0.2) is 20.4 Å². The molecule has 3 rings (SSSR count). The maximum Gasteiger partial charge on any atom is 0.255 e. The van der Waals surface area contributed by atoms with Gasteiger partial charge in [-0.15, -0.1) is 0 Å². The summed E-state index contributed by atoms with van der Waals surface area (Å²) in [5, 5.41) is 12.7. The molecular formula is C24H22ClN3O3S. The summed E-state index contributed by atoms with van der Waals surface area (Å²) in [6.45, 7) is 3.44. The van der Waals surface area contributed by atoms with Crippen LogP contribution < -0.4 is 10.0 Å². The molecule has 0 aliphatic rings. The third-order valence-corrected chi connectivity index (χ3v) is 6.61. The lowest BCUT2D eigenvalue weighted by atomic mass is 9.92. The third kappa shape index (κ3) is 5.54. The normalized spacial score (nSPS) is 12.2. The minimum atomic E-state index is -3.72. The van der Waals surface area contributed by atoms with E-state index in [4.69, 9.17) is 11.6 Å². The number of hydrogen-bond acceptors (Lipinski definition) is 4. The molecule has 1 amide bonds. The number of carbonyl (C=O) groups excluding carboxylic acids is 1. The molecule has 8 heteroatoms. The SMILES string of the molecule is CC(C)NS(=O)(=O)c1cccc(C(=O)Nc2ccc([C@H](C#N)c3ccccc3)c(Cl)c2)c1. The Kier molecular flexibility index (Phi) is 7.31. The topological polar surface area (TPSA) is 99.1 Å². The number of nitrogens with one attached hydrogen (secondary N) is 2. The Hall–Kier alpha value is -3.18. The van der Waals surface area contributed by atoms with Gasteiger partial charge in [-0.1, -0.05) is 54.1 Å². The standard InChI is InChI=1S/C24H22ClN3O3S/c1-16(2)28-32(30,31)20-10-6-9-18(13-20)24(29)27-19-11-12-21(23(25)14-19)22(15-26)17-7-4-3-5-8-17/h3-14,16,22,28H,1-2H3,(H,27,29)/t22-/m1/s1. The Morgan fingerprint density at radius 1 is 1.00 bits per heavy atom. The molecule has 0 aliphatic heterocycles. The molecule has 0 unspecified atom stereocenters. The van der Waals surface area contributed by atoms with Crippen molar-refractivity contribution < 1.29 is 13.2 Å². The van der Waals surface area contributed by atoms with Crippen LogP contribution in [0.15, 0.2) is 77.7 Å². The summed E-state index contributed by atoms with van der Waals surface area (Å²) in [6.07, 6.45) is 0. The van der Waals surface area contributed by atoms with Gasteiger partial charge < -0.3 is 5.32 Å². The number of nitriles is 1. The predicted molar refractivity (Wildman–Crippen MR) is 125 cm³/mol. The molecule has 0 aliphatic carbocycles. The van der Waals surface area contributed by atoms with Crippen molar-refractivity contribution in [2.75, 3.05) is 5.32 Å². The summed E-state index contributed by atoms with van der Waals surface area (Å²) in [5.74, 6) is -1.01. The van der Waals surface area contributed by atoms with Crippen LogP contribution in [0.5, 0.6) is 0 Å². The fourth-order valence-electron chi connectivity index (χ4n) is 3.19. The van der Waals surface area contributed by atoms with E-state index in [9.17, 15) is 18.5 Å². The second-order valence-corrected chi connectivity index (χ2v) is 9.59. The average Bonchev–Trinajstić information content (AvgIpc) is 2.75. The summed E-state index contributed by atoms with van der Waals surface area (Å²) in [6, 6.07) is 22.0. The first kappa shape index (κ1) is 23.5. The van der Waals surface area contributed by atoms with Crippen molar-refractivity contribution in [3.05, 3.63) is 94.5 Å². The first-order valence-corrected chi connectivity index (χ1v) is 11.7. The van der Waals surface area contributed by atoms with Crippen LogP contribution in [0.1, 0.15) is 41.3 Å². The van der Waals surface area contributed by atoms with Crippen molar-refractivity contribution in [2.24, 2.45) is 0 Å². The highest BCUT2D eigenvalue weighted by molar-refractivity contribution is 7.89. The van der Waals surface area contributed by atoms with Crippen molar-refractivity contribution in [1.29, 1.82) is 5.26 Å². The minimum absolute atomic E-state index is 0.00644. The van der Waals surface area contributed by atoms with Gasteiger partial charge in [0.15, 0.2) is 0 Å². The summed E-state index contributed by atoms with van der Waals surface area (Å²) >= 11 is 6.43. The minimum Gasteiger partial charge on any atom is -0.322 e. The van der Waals surface area contributed by atoms with Gasteiger partial charge in [-0.25, -0.2) is 13.1 Å². The number of sulfonamides is 1. The number of anilines is 1. The van der Waals surface area contributed by atoms with Gasteiger partial charge in [0.1, 0.15) is 0 Å². The van der Waals surface area contributed by atoms with Crippen LogP contribution in [-0.2, 0) is 10.0 Å². The Morgan fingerprint density at radius 2 is 1.72 bits per heavy atom. The predicted octanol–water partition coefficient (Wildman–Crippen LogP) is 4.93. The fraction of sp³-hybridized carbons (Fsp3) is 0.167. The highest BCUT2D eigenvalue weighted by Crippen LogP contribution is 2.32. The largest absolute Gasteiger partial charge is 0.322 e. The van der Waals surface area contributed by atoms with E-state index in [1.54, 1.807) is 32.0 Å². The molecule has 6 nitrogen and oxygen atoms in total. The zero-order chi connectivity index (χ0) is 23.3. The molecule has 1 atom stereocenters. The molecule has 0 heterocycles. The van der Waals surface area contributed by atoms with Crippen LogP contribution >= 0.6 is 11.6 Å². The maximum absolute atomic E-state index is 12.7. The Morgan fingerprint density at radius 3 is 2.34 bits per heavy atom. The van der Waals surface area contributed by atoms with Crippen molar-refractivity contribution in [2.45, 2.75) is 30.7 Å². The molecule has 0 spiro atoms. The van der Waals surface area contributed by atoms with Gasteiger partial charge in [-0.2, -0.15) is 5.26 Å². The van der Waals surface area contributed by atoms with Gasteiger partial charge >= 0.3 is 0 Å². The van der Waals surface area contributed by atoms with Crippen LogP contribution in [0.4, 0.5) is 5.69 Å². The van der Waals surface area contributed by atoms with Gasteiger partial charge in [0.25, 0.3) is 5.91 Å². The van der Waals surface area contributed by atoms with Gasteiger partial charge in [0.05, 0.1) is 16.9 Å². The van der Waals surface area contributed by atoms with E-state index < -0.39 is 21.8 Å². The van der Waals surface area contributed by atoms with Crippen LogP contribution in [0.25, 0.3) is 0 Å². The van der Waals surface area contributed by atoms with E-state index in [-0.39, 0.29) is 16.5 Å². The Bertz CT molecular complexity index is 1270. The van der Waals surface area contributed by atoms with Gasteiger partial charge in [0.2, 0.25) is 10.0 Å². The summed E-state index contributed by atoms with van der Waals surface area (Å²) < 4.78 is 27.3. The highest BCUT2D eigenvalue weighted by atomic mass is 35.5. The van der Waals surface area contributed by atoms with Crippen molar-refractivity contribution >= 4 is 33.2 Å². The van der Waals surface area contributed by atoms with Gasteiger partial charge in [-0.3, -0.25) is 4.79 Å². The number of halogens is 1. The molecule has 0 aromatic heterocycles. The summed E-state index contributed by atoms with van der Waals surface area (Å²) in [7, 11) is -3.72. The van der Waals surface area contributed by atoms with E-state index in [0.29, 0.717) is 16.3 Å². The van der Waals surface area contributed by atoms with Crippen molar-refractivity contribution in [1.82, 2.24) is 4.72 Å². The van der Waals surface area contributed by atoms with E-state index in [2.05, 4.69) is 16.1 Å². The molecule has 0 radical (unpaired) electrons. The zero-order valence-electron chi connectivity index (χ0n) is 17.5. The Labute approximate surface area is 192 Å². The number of rotatable bonds is 7. The second kappa shape index (κ2) is 9.96. The molecule has 0 fully saturated rings. The quantitative estimate of drug-likeness (QED) is 0.514. The van der Waals surface area contributed by atoms with Gasteiger partial charge in [-0.05, 0) is 55.3 Å². The smallest absolute Gasteiger partial charge is 0.255 e. The lowest BCUT2D eigenvalue weighted by molar-refractivity contribution is 0.102. The van der Waals surface area contributed by atoms with Crippen LogP contribution in [0.2, 0.25) is 5.02 Å². The molecule has 0 saturated carbocycles. The number of benzene rings is 3. The van der Waals surface area contributed by atoms with Gasteiger partial charge in [0, 0.05) is 22.3 Å². The fourth-order valence-corrected chi connectivity index (χ4v) is 4.78. The van der Waals surface area contributed by atoms with E-state index in [0.717, 1.165) is 5.56 Å². The van der Waals surface area contributed by atoms with Crippen molar-refractivity contribution in [3.8, 4) is 6.07 Å². The number of carbonyl (C=O) groups is 1. The maximum atomic E-state index is 12.7. The molecule has 3 aromatic carbocycles. The van der Waals surface area contributed by atoms with Crippen molar-refractivity contribution in [3.63, 3.8) is 0 Å². The lowest BCUT2D eigenvalue weighted by Crippen LogP contribution is -2.30. The zero-order valence-corrected chi connectivity index (χ0v) is 19.1. The molecule has 164 valence electrons. The first-order chi connectivity index (χ1) is 15.2. The van der Waals surface area contributed by atoms with E-state index in [1.807, 2.05) is 30.3 Å². The summed E-state index contributed by atoms with van der Waals surface area (Å²) in [4.78, 5) is 12.7. The molecule has 0 saturated heterocycles. The Balaban J connectivity index is 1.82. The third-order valence-electron chi connectivity index (χ3n) is 4.63. The summed E-state index contributed by atoms with van der Waals surface area (Å²) in [5.41, 5.74) is 2.08. The number of nitrogens with zero attached hydrogens (tertiary/aromatic N) is 1. The molecule has 0 bridgehead atoms. The van der Waals surface area contributed by atoms with E-state index >= 15 is 0 Å². The van der Waals surface area contributed by atoms with E-state index in [1.165, 1.54) is 24.3 Å². The molecule has 2 N–H and O–H groups in total. The molecular weight excluding hydrogens is 446 g/mol. The van der Waals surface area contributed by atoms with Crippen LogP contribution in [0.3, 0.4) is 0 Å². The average molecular weight is 468 g/mol.